The molecule has 0 radical (unpaired) electrons. The highest BCUT2D eigenvalue weighted by atomic mass is 16.6. The molecule has 0 spiro atoms. The summed E-state index contributed by atoms with van der Waals surface area (Å²) in [7, 11) is 0. The molecule has 0 aliphatic carbocycles. The first kappa shape index (κ1) is 29.4. The quantitative estimate of drug-likeness (QED) is 0.426. The summed E-state index contributed by atoms with van der Waals surface area (Å²) in [5.41, 5.74) is 6.11. The van der Waals surface area contributed by atoms with Crippen molar-refractivity contribution in [1.29, 1.82) is 0 Å². The second-order valence-corrected chi connectivity index (χ2v) is 9.89. The van der Waals surface area contributed by atoms with E-state index in [1.54, 1.807) is 45.0 Å². The Balaban J connectivity index is 2.45. The molecule has 2 aromatic carbocycles. The zero-order valence-electron chi connectivity index (χ0n) is 22.2. The summed E-state index contributed by atoms with van der Waals surface area (Å²) in [6, 6.07) is 15.6. The van der Waals surface area contributed by atoms with E-state index in [1.165, 1.54) is 4.90 Å². The fraction of sp³-hybridized carbons (Fsp3) is 0.429. The third-order valence-corrected chi connectivity index (χ3v) is 5.67. The molecule has 9 heteroatoms. The van der Waals surface area contributed by atoms with Crippen molar-refractivity contribution >= 4 is 23.8 Å². The van der Waals surface area contributed by atoms with E-state index in [0.717, 1.165) is 5.56 Å². The monoisotopic (exact) mass is 510 g/mol. The lowest BCUT2D eigenvalue weighted by Gasteiger charge is -2.38. The van der Waals surface area contributed by atoms with Gasteiger partial charge in [0.25, 0.3) is 0 Å². The topological polar surface area (TPSA) is 131 Å². The molecule has 3 atom stereocenters. The fourth-order valence-corrected chi connectivity index (χ4v) is 3.78. The van der Waals surface area contributed by atoms with E-state index >= 15 is 0 Å². The van der Waals surface area contributed by atoms with Gasteiger partial charge in [-0.1, -0.05) is 67.6 Å². The van der Waals surface area contributed by atoms with Gasteiger partial charge in [0.1, 0.15) is 17.7 Å². The number of nitrogens with two attached hydrogens (primary N) is 1. The number of nitrogens with zero attached hydrogens (tertiary/aromatic N) is 1. The van der Waals surface area contributed by atoms with Gasteiger partial charge in [0.2, 0.25) is 17.7 Å². The van der Waals surface area contributed by atoms with E-state index in [0.29, 0.717) is 12.0 Å². The van der Waals surface area contributed by atoms with E-state index in [2.05, 4.69) is 10.6 Å². The molecule has 3 unspecified atom stereocenters. The van der Waals surface area contributed by atoms with Crippen molar-refractivity contribution in [2.24, 2.45) is 5.73 Å². The van der Waals surface area contributed by atoms with Gasteiger partial charge in [-0.3, -0.25) is 14.4 Å². The van der Waals surface area contributed by atoms with E-state index < -0.39 is 54.0 Å². The maximum atomic E-state index is 13.9. The van der Waals surface area contributed by atoms with Crippen LogP contribution in [0.15, 0.2) is 60.7 Å². The fourth-order valence-electron chi connectivity index (χ4n) is 3.78. The van der Waals surface area contributed by atoms with Crippen LogP contribution in [-0.4, -0.2) is 46.4 Å². The van der Waals surface area contributed by atoms with Crippen LogP contribution in [0.25, 0.3) is 0 Å². The molecule has 0 fully saturated rings. The number of carbonyl (C=O) groups is 4. The highest BCUT2D eigenvalue weighted by molar-refractivity contribution is 5.94. The molecule has 2 rings (SSSR count). The van der Waals surface area contributed by atoms with Crippen molar-refractivity contribution in [2.75, 3.05) is 0 Å². The van der Waals surface area contributed by atoms with E-state index in [4.69, 9.17) is 10.5 Å². The molecule has 0 aromatic heterocycles. The normalized spacial score (nSPS) is 13.5. The van der Waals surface area contributed by atoms with Gasteiger partial charge in [-0.2, -0.15) is 0 Å². The first-order valence-corrected chi connectivity index (χ1v) is 12.4. The average molecular weight is 511 g/mol. The van der Waals surface area contributed by atoms with Crippen molar-refractivity contribution in [1.82, 2.24) is 15.5 Å². The lowest BCUT2D eigenvalue weighted by Crippen LogP contribution is -2.56. The number of alkyl carbamates (subject to hydrolysis) is 1. The smallest absolute Gasteiger partial charge is 0.408 e. The van der Waals surface area contributed by atoms with Crippen LogP contribution in [0.4, 0.5) is 4.79 Å². The number of rotatable bonds is 11. The molecule has 0 bridgehead atoms. The minimum atomic E-state index is -1.31. The molecule has 200 valence electrons. The number of hydrogen-bond acceptors (Lipinski definition) is 5. The van der Waals surface area contributed by atoms with Crippen molar-refractivity contribution in [2.45, 2.75) is 77.7 Å². The minimum Gasteiger partial charge on any atom is -0.444 e. The number of benzene rings is 2. The average Bonchev–Trinajstić information content (AvgIpc) is 2.84. The van der Waals surface area contributed by atoms with Crippen LogP contribution < -0.4 is 16.4 Å². The third-order valence-electron chi connectivity index (χ3n) is 5.67. The summed E-state index contributed by atoms with van der Waals surface area (Å²) in [4.78, 5) is 53.4. The molecule has 0 aliphatic heterocycles. The number of amides is 4. The molecule has 4 N–H and O–H groups in total. The Hall–Kier alpha value is -3.88. The second-order valence-electron chi connectivity index (χ2n) is 9.89. The molecule has 0 saturated carbocycles. The summed E-state index contributed by atoms with van der Waals surface area (Å²) < 4.78 is 5.29. The largest absolute Gasteiger partial charge is 0.444 e. The lowest BCUT2D eigenvalue weighted by molar-refractivity contribution is -0.146. The molecule has 2 aromatic rings. The van der Waals surface area contributed by atoms with Gasteiger partial charge >= 0.3 is 6.09 Å². The summed E-state index contributed by atoms with van der Waals surface area (Å²) in [5.74, 6) is -1.77. The molecular formula is C28H38N4O5. The predicted molar refractivity (Wildman–Crippen MR) is 141 cm³/mol. The van der Waals surface area contributed by atoms with Gasteiger partial charge in [-0.05, 0) is 45.2 Å². The summed E-state index contributed by atoms with van der Waals surface area (Å²) in [5, 5.41) is 5.41. The number of primary amides is 1. The minimum absolute atomic E-state index is 0.270. The van der Waals surface area contributed by atoms with Gasteiger partial charge in [0, 0.05) is 12.6 Å². The first-order chi connectivity index (χ1) is 17.4. The van der Waals surface area contributed by atoms with E-state index in [-0.39, 0.29) is 6.54 Å². The van der Waals surface area contributed by atoms with Gasteiger partial charge in [0.15, 0.2) is 0 Å². The van der Waals surface area contributed by atoms with Gasteiger partial charge < -0.3 is 26.0 Å². The second kappa shape index (κ2) is 13.4. The summed E-state index contributed by atoms with van der Waals surface area (Å²) in [6.45, 7) is 9.03. The Morgan fingerprint density at radius 1 is 0.973 bits per heavy atom. The van der Waals surface area contributed by atoms with Crippen LogP contribution >= 0.6 is 0 Å². The molecule has 4 amide bonds. The number of carbonyl (C=O) groups excluding carboxylic acids is 4. The summed E-state index contributed by atoms with van der Waals surface area (Å²) in [6.07, 6.45) is -0.782. The van der Waals surface area contributed by atoms with Crippen molar-refractivity contribution in [3.05, 3.63) is 71.8 Å². The number of nitrogens with one attached hydrogen (secondary N) is 2. The van der Waals surface area contributed by atoms with Crippen LogP contribution in [0.1, 0.15) is 64.6 Å². The predicted octanol–water partition coefficient (Wildman–Crippen LogP) is 3.44. The number of hydrogen-bond donors (Lipinski definition) is 3. The van der Waals surface area contributed by atoms with Crippen molar-refractivity contribution in [3.63, 3.8) is 0 Å². The van der Waals surface area contributed by atoms with Crippen LogP contribution in [0.3, 0.4) is 0 Å². The number of ether oxygens (including phenoxy) is 1. The Morgan fingerprint density at radius 3 is 2.05 bits per heavy atom. The van der Waals surface area contributed by atoms with Crippen molar-refractivity contribution in [3.8, 4) is 0 Å². The molecule has 9 nitrogen and oxygen atoms in total. The van der Waals surface area contributed by atoms with E-state index in [9.17, 15) is 19.2 Å². The van der Waals surface area contributed by atoms with Crippen LogP contribution in [0, 0.1) is 0 Å². The Labute approximate surface area is 218 Å². The van der Waals surface area contributed by atoms with Crippen molar-refractivity contribution < 1.29 is 23.9 Å². The van der Waals surface area contributed by atoms with Crippen LogP contribution in [0.2, 0.25) is 0 Å². The SMILES string of the molecule is CCC(C)N(C(=O)C(CC(N)=O)NC(=O)OC(C)(C)C)C(C(=O)NCc1ccccc1)c1ccccc1. The molecule has 0 aliphatic rings. The maximum Gasteiger partial charge on any atom is 0.408 e. The lowest BCUT2D eigenvalue weighted by atomic mass is 9.99. The van der Waals surface area contributed by atoms with Gasteiger partial charge in [-0.25, -0.2) is 4.79 Å². The summed E-state index contributed by atoms with van der Waals surface area (Å²) >= 11 is 0. The zero-order valence-corrected chi connectivity index (χ0v) is 22.2. The van der Waals surface area contributed by atoms with Crippen LogP contribution in [0.5, 0.6) is 0 Å². The standard InChI is InChI=1S/C28H38N4O5/c1-6-19(2)32(26(35)22(17-23(29)33)31-27(36)37-28(3,4)5)24(21-15-11-8-12-16-21)25(34)30-18-20-13-9-7-10-14-20/h7-16,19,22,24H,6,17-18H2,1-5H3,(H2,29,33)(H,30,34)(H,31,36). The van der Waals surface area contributed by atoms with E-state index in [1.807, 2.05) is 50.2 Å². The Bertz CT molecular complexity index is 1050. The third kappa shape index (κ3) is 9.25. The molecule has 0 heterocycles. The molecule has 0 saturated heterocycles. The highest BCUT2D eigenvalue weighted by Gasteiger charge is 2.39. The first-order valence-electron chi connectivity index (χ1n) is 12.4. The highest BCUT2D eigenvalue weighted by Crippen LogP contribution is 2.26. The zero-order chi connectivity index (χ0) is 27.6. The van der Waals surface area contributed by atoms with Crippen LogP contribution in [-0.2, 0) is 25.7 Å². The van der Waals surface area contributed by atoms with Gasteiger partial charge in [-0.15, -0.1) is 0 Å². The Kier molecular flexibility index (Phi) is 10.7. The molecule has 37 heavy (non-hydrogen) atoms. The maximum absolute atomic E-state index is 13.9. The van der Waals surface area contributed by atoms with Gasteiger partial charge in [0.05, 0.1) is 6.42 Å². The molecular weight excluding hydrogens is 472 g/mol. The Morgan fingerprint density at radius 2 is 1.54 bits per heavy atom.